The summed E-state index contributed by atoms with van der Waals surface area (Å²) in [7, 11) is 1.40. The number of carbonyl (C=O) groups excluding carboxylic acids is 1. The van der Waals surface area contributed by atoms with Crippen molar-refractivity contribution < 1.29 is 9.53 Å². The number of thioether (sulfide) groups is 1. The zero-order valence-electron chi connectivity index (χ0n) is 10.2. The van der Waals surface area contributed by atoms with Gasteiger partial charge in [0.1, 0.15) is 5.25 Å². The number of rotatable bonds is 4. The van der Waals surface area contributed by atoms with Gasteiger partial charge in [0.2, 0.25) is 0 Å². The van der Waals surface area contributed by atoms with Gasteiger partial charge in [-0.1, -0.05) is 36.0 Å². The summed E-state index contributed by atoms with van der Waals surface area (Å²) in [4.78, 5) is 19.0. The average molecular weight is 262 g/mol. The van der Waals surface area contributed by atoms with Crippen molar-refractivity contribution in [2.75, 3.05) is 7.11 Å². The number of nitrogens with zero attached hydrogens (tertiary/aromatic N) is 1. The highest BCUT2D eigenvalue weighted by Gasteiger charge is 2.25. The van der Waals surface area contributed by atoms with E-state index >= 15 is 0 Å². The lowest BCUT2D eigenvalue weighted by Crippen LogP contribution is -2.12. The van der Waals surface area contributed by atoms with Crippen molar-refractivity contribution in [1.29, 1.82) is 0 Å². The number of nitrogens with one attached hydrogen (secondary N) is 1. The zero-order valence-corrected chi connectivity index (χ0v) is 11.0. The van der Waals surface area contributed by atoms with E-state index in [4.69, 9.17) is 4.74 Å². The molecule has 0 amide bonds. The Morgan fingerprint density at radius 2 is 2.22 bits per heavy atom. The van der Waals surface area contributed by atoms with E-state index in [-0.39, 0.29) is 5.97 Å². The largest absolute Gasteiger partial charge is 0.468 e. The number of ether oxygens (including phenoxy) is 1. The average Bonchev–Trinajstić information content (AvgIpc) is 2.89. The maximum absolute atomic E-state index is 11.9. The van der Waals surface area contributed by atoms with Crippen LogP contribution in [0.1, 0.15) is 16.4 Å². The van der Waals surface area contributed by atoms with E-state index in [1.54, 1.807) is 12.4 Å². The van der Waals surface area contributed by atoms with E-state index in [0.717, 1.165) is 11.1 Å². The normalized spacial score (nSPS) is 12.1. The molecule has 0 saturated heterocycles. The molecule has 0 fully saturated rings. The molecule has 0 spiro atoms. The Morgan fingerprint density at radius 1 is 1.44 bits per heavy atom. The van der Waals surface area contributed by atoms with Gasteiger partial charge in [-0.25, -0.2) is 4.98 Å². The lowest BCUT2D eigenvalue weighted by Gasteiger charge is -2.15. The number of aromatic amines is 1. The maximum atomic E-state index is 11.9. The molecule has 0 aliphatic rings. The van der Waals surface area contributed by atoms with E-state index in [1.807, 2.05) is 31.2 Å². The van der Waals surface area contributed by atoms with E-state index in [0.29, 0.717) is 5.16 Å². The Labute approximate surface area is 110 Å². The number of esters is 1. The first-order valence-corrected chi connectivity index (χ1v) is 6.39. The van der Waals surface area contributed by atoms with Gasteiger partial charge in [0.25, 0.3) is 0 Å². The zero-order chi connectivity index (χ0) is 13.0. The van der Waals surface area contributed by atoms with Crippen LogP contribution in [-0.4, -0.2) is 23.0 Å². The van der Waals surface area contributed by atoms with Crippen molar-refractivity contribution in [3.8, 4) is 0 Å². The first-order chi connectivity index (χ1) is 8.72. The minimum atomic E-state index is -0.401. The van der Waals surface area contributed by atoms with Crippen LogP contribution in [0.4, 0.5) is 0 Å². The summed E-state index contributed by atoms with van der Waals surface area (Å²) in [6, 6.07) is 7.78. The Balaban J connectivity index is 2.31. The lowest BCUT2D eigenvalue weighted by atomic mass is 10.1. The SMILES string of the molecule is COC(=O)C(Sc1ncc[nH]1)c1ccccc1C. The van der Waals surface area contributed by atoms with E-state index in [1.165, 1.54) is 18.9 Å². The molecule has 94 valence electrons. The quantitative estimate of drug-likeness (QED) is 0.680. The van der Waals surface area contributed by atoms with Crippen LogP contribution in [0.15, 0.2) is 41.8 Å². The van der Waals surface area contributed by atoms with Crippen LogP contribution in [0.2, 0.25) is 0 Å². The highest BCUT2D eigenvalue weighted by Crippen LogP contribution is 2.35. The van der Waals surface area contributed by atoms with Crippen LogP contribution in [-0.2, 0) is 9.53 Å². The van der Waals surface area contributed by atoms with Crippen LogP contribution >= 0.6 is 11.8 Å². The van der Waals surface area contributed by atoms with Crippen molar-refractivity contribution in [3.63, 3.8) is 0 Å². The topological polar surface area (TPSA) is 55.0 Å². The highest BCUT2D eigenvalue weighted by atomic mass is 32.2. The molecule has 2 rings (SSSR count). The predicted molar refractivity (Wildman–Crippen MR) is 70.4 cm³/mol. The summed E-state index contributed by atoms with van der Waals surface area (Å²) in [5.74, 6) is -0.273. The molecule has 1 unspecified atom stereocenters. The molecule has 1 atom stereocenters. The molecule has 0 bridgehead atoms. The summed E-state index contributed by atoms with van der Waals surface area (Å²) in [5, 5.41) is 0.302. The van der Waals surface area contributed by atoms with Gasteiger partial charge in [-0.3, -0.25) is 4.79 Å². The summed E-state index contributed by atoms with van der Waals surface area (Å²) in [6.45, 7) is 1.98. The van der Waals surface area contributed by atoms with E-state index < -0.39 is 5.25 Å². The third kappa shape index (κ3) is 2.73. The molecule has 5 heteroatoms. The minimum absolute atomic E-state index is 0.273. The smallest absolute Gasteiger partial charge is 0.323 e. The number of H-pyrrole nitrogens is 1. The molecule has 18 heavy (non-hydrogen) atoms. The third-order valence-corrected chi connectivity index (χ3v) is 3.72. The Morgan fingerprint density at radius 3 is 2.83 bits per heavy atom. The van der Waals surface area contributed by atoms with Crippen LogP contribution in [0.5, 0.6) is 0 Å². The second-order valence-electron chi connectivity index (χ2n) is 3.77. The fraction of sp³-hybridized carbons (Fsp3) is 0.231. The number of hydrogen-bond donors (Lipinski definition) is 1. The Kier molecular flexibility index (Phi) is 4.04. The molecule has 1 N–H and O–H groups in total. The maximum Gasteiger partial charge on any atom is 0.323 e. The van der Waals surface area contributed by atoms with Crippen molar-refractivity contribution in [2.45, 2.75) is 17.3 Å². The van der Waals surface area contributed by atoms with Crippen LogP contribution in [0, 0.1) is 6.92 Å². The number of benzene rings is 1. The van der Waals surface area contributed by atoms with Gasteiger partial charge in [-0.2, -0.15) is 0 Å². The molecule has 2 aromatic rings. The van der Waals surface area contributed by atoms with Gasteiger partial charge >= 0.3 is 5.97 Å². The molecule has 0 aliphatic heterocycles. The molecule has 0 aliphatic carbocycles. The van der Waals surface area contributed by atoms with Gasteiger partial charge < -0.3 is 9.72 Å². The standard InChI is InChI=1S/C13H14N2O2S/c1-9-5-3-4-6-10(9)11(12(16)17-2)18-13-14-7-8-15-13/h3-8,11H,1-2H3,(H,14,15). The third-order valence-electron chi connectivity index (χ3n) is 2.59. The van der Waals surface area contributed by atoms with E-state index in [2.05, 4.69) is 9.97 Å². The molecule has 4 nitrogen and oxygen atoms in total. The Bertz CT molecular complexity index is 526. The fourth-order valence-electron chi connectivity index (χ4n) is 1.65. The summed E-state index contributed by atoms with van der Waals surface area (Å²) < 4.78 is 4.87. The molecule has 1 aromatic carbocycles. The molecule has 0 saturated carbocycles. The van der Waals surface area contributed by atoms with Crippen LogP contribution < -0.4 is 0 Å². The van der Waals surface area contributed by atoms with Gasteiger partial charge in [0.05, 0.1) is 7.11 Å². The molecular weight excluding hydrogens is 248 g/mol. The molecular formula is C13H14N2O2S. The van der Waals surface area contributed by atoms with Gasteiger partial charge in [0.15, 0.2) is 5.16 Å². The van der Waals surface area contributed by atoms with Crippen molar-refractivity contribution in [1.82, 2.24) is 9.97 Å². The fourth-order valence-corrected chi connectivity index (χ4v) is 2.72. The molecule has 0 radical (unpaired) electrons. The molecule has 1 aromatic heterocycles. The number of imidazole rings is 1. The summed E-state index contributed by atoms with van der Waals surface area (Å²) >= 11 is 1.35. The van der Waals surface area contributed by atoms with Crippen molar-refractivity contribution >= 4 is 17.7 Å². The van der Waals surface area contributed by atoms with Crippen LogP contribution in [0.3, 0.4) is 0 Å². The lowest BCUT2D eigenvalue weighted by molar-refractivity contribution is -0.140. The first-order valence-electron chi connectivity index (χ1n) is 5.51. The number of aryl methyl sites for hydroxylation is 1. The molecule has 1 heterocycles. The van der Waals surface area contributed by atoms with Crippen LogP contribution in [0.25, 0.3) is 0 Å². The monoisotopic (exact) mass is 262 g/mol. The van der Waals surface area contributed by atoms with Crippen molar-refractivity contribution in [2.24, 2.45) is 0 Å². The predicted octanol–water partition coefficient (Wildman–Crippen LogP) is 2.72. The second-order valence-corrected chi connectivity index (χ2v) is 4.87. The Hall–Kier alpha value is -1.75. The minimum Gasteiger partial charge on any atom is -0.468 e. The summed E-state index contributed by atoms with van der Waals surface area (Å²) in [6.07, 6.45) is 3.39. The van der Waals surface area contributed by atoms with Gasteiger partial charge in [-0.15, -0.1) is 0 Å². The number of aromatic nitrogens is 2. The number of methoxy groups -OCH3 is 1. The van der Waals surface area contributed by atoms with E-state index in [9.17, 15) is 4.79 Å². The first kappa shape index (κ1) is 12.7. The highest BCUT2D eigenvalue weighted by molar-refractivity contribution is 8.00. The van der Waals surface area contributed by atoms with Crippen molar-refractivity contribution in [3.05, 3.63) is 47.8 Å². The van der Waals surface area contributed by atoms with Gasteiger partial charge in [0, 0.05) is 12.4 Å². The van der Waals surface area contributed by atoms with Gasteiger partial charge in [-0.05, 0) is 18.1 Å². The number of carbonyl (C=O) groups is 1. The number of hydrogen-bond acceptors (Lipinski definition) is 4. The second kappa shape index (κ2) is 5.73. The summed E-state index contributed by atoms with van der Waals surface area (Å²) in [5.41, 5.74) is 2.01.